The minimum Gasteiger partial charge on any atom is -0.444 e. The highest BCUT2D eigenvalue weighted by Crippen LogP contribution is 2.46. The van der Waals surface area contributed by atoms with Crippen LogP contribution in [0.25, 0.3) is 11.1 Å². The van der Waals surface area contributed by atoms with E-state index >= 15 is 0 Å². The molecule has 0 bridgehead atoms. The summed E-state index contributed by atoms with van der Waals surface area (Å²) in [6.45, 7) is 14.9. The highest BCUT2D eigenvalue weighted by Gasteiger charge is 2.59. The number of carbonyl (C=O) groups excluding carboxylic acids is 4. The predicted octanol–water partition coefficient (Wildman–Crippen LogP) is 5.85. The van der Waals surface area contributed by atoms with Gasteiger partial charge in [0.05, 0.1) is 24.6 Å². The Bertz CT molecular complexity index is 1750. The third-order valence-corrected chi connectivity index (χ3v) is 9.63. The Kier molecular flexibility index (Phi) is 10.5. The van der Waals surface area contributed by atoms with Crippen LogP contribution in [0.15, 0.2) is 97.6 Å². The molecule has 0 spiro atoms. The molecule has 4 N–H and O–H groups in total. The molecule has 10 nitrogen and oxygen atoms in total. The lowest BCUT2D eigenvalue weighted by atomic mass is 9.85. The first-order chi connectivity index (χ1) is 24.0. The van der Waals surface area contributed by atoms with Crippen molar-refractivity contribution in [3.8, 4) is 11.1 Å². The van der Waals surface area contributed by atoms with Crippen LogP contribution in [0, 0.1) is 11.3 Å². The average molecular weight is 695 g/mol. The molecule has 1 aliphatic heterocycles. The van der Waals surface area contributed by atoms with Crippen molar-refractivity contribution in [3.05, 3.63) is 109 Å². The molecule has 1 aliphatic carbocycles. The lowest BCUT2D eigenvalue weighted by molar-refractivity contribution is -0.143. The zero-order valence-corrected chi connectivity index (χ0v) is 30.4. The van der Waals surface area contributed by atoms with Crippen molar-refractivity contribution in [2.45, 2.75) is 89.8 Å². The average Bonchev–Trinajstić information content (AvgIpc) is 3.67. The molecule has 3 aromatic carbocycles. The van der Waals surface area contributed by atoms with E-state index in [0.29, 0.717) is 6.42 Å². The summed E-state index contributed by atoms with van der Waals surface area (Å²) in [6, 6.07) is 25.6. The number of nitrogens with zero attached hydrogens (tertiary/aromatic N) is 1. The summed E-state index contributed by atoms with van der Waals surface area (Å²) in [5.41, 5.74) is 5.71. The molecule has 2 fully saturated rings. The number of hydrogen-bond donors (Lipinski definition) is 3. The van der Waals surface area contributed by atoms with E-state index in [0.717, 1.165) is 22.3 Å². The molecule has 51 heavy (non-hydrogen) atoms. The largest absolute Gasteiger partial charge is 0.444 e. The fourth-order valence-corrected chi connectivity index (χ4v) is 6.73. The minimum absolute atomic E-state index is 0.0182. The zero-order chi connectivity index (χ0) is 37.2. The summed E-state index contributed by atoms with van der Waals surface area (Å²) in [5, 5.41) is 5.79. The molecule has 1 saturated carbocycles. The molecule has 5 atom stereocenters. The van der Waals surface area contributed by atoms with Gasteiger partial charge in [-0.15, -0.1) is 6.58 Å². The number of carbonyl (C=O) groups is 4. The van der Waals surface area contributed by atoms with Gasteiger partial charge in [-0.25, -0.2) is 4.79 Å². The van der Waals surface area contributed by atoms with Crippen molar-refractivity contribution in [2.24, 2.45) is 17.1 Å². The summed E-state index contributed by atoms with van der Waals surface area (Å²) in [7, 11) is 0. The van der Waals surface area contributed by atoms with E-state index in [1.54, 1.807) is 20.8 Å². The van der Waals surface area contributed by atoms with Crippen molar-refractivity contribution in [2.75, 3.05) is 6.54 Å². The maximum absolute atomic E-state index is 14.8. The number of nitrogens with two attached hydrogens (primary N) is 1. The number of rotatable bonds is 11. The number of likely N-dealkylation sites (tertiary alicyclic amines) is 1. The van der Waals surface area contributed by atoms with E-state index in [1.165, 1.54) is 11.0 Å². The molecule has 1 saturated heterocycles. The second kappa shape index (κ2) is 14.3. The van der Waals surface area contributed by atoms with Gasteiger partial charge in [0, 0.05) is 6.42 Å². The minimum atomic E-state index is -1.12. The van der Waals surface area contributed by atoms with Crippen LogP contribution >= 0.6 is 0 Å². The first-order valence-electron chi connectivity index (χ1n) is 17.4. The maximum atomic E-state index is 14.8. The number of alkyl carbamates (subject to hydrolysis) is 1. The van der Waals surface area contributed by atoms with Gasteiger partial charge in [-0.2, -0.15) is 0 Å². The van der Waals surface area contributed by atoms with Crippen molar-refractivity contribution >= 4 is 23.8 Å². The van der Waals surface area contributed by atoms with E-state index in [-0.39, 0.29) is 19.6 Å². The fourth-order valence-electron chi connectivity index (χ4n) is 6.73. The van der Waals surface area contributed by atoms with E-state index in [2.05, 4.69) is 17.2 Å². The van der Waals surface area contributed by atoms with E-state index in [4.69, 9.17) is 15.2 Å². The third kappa shape index (κ3) is 8.51. The molecule has 5 rings (SSSR count). The van der Waals surface area contributed by atoms with Gasteiger partial charge < -0.3 is 30.7 Å². The molecular formula is C41H50N4O6. The Morgan fingerprint density at radius 2 is 1.49 bits per heavy atom. The van der Waals surface area contributed by atoms with Gasteiger partial charge in [0.15, 0.2) is 0 Å². The van der Waals surface area contributed by atoms with Crippen LogP contribution in [0.3, 0.4) is 0 Å². The molecule has 4 amide bonds. The number of ether oxygens (including phenoxy) is 2. The first-order valence-corrected chi connectivity index (χ1v) is 17.4. The summed E-state index contributed by atoms with van der Waals surface area (Å²) < 4.78 is 12.4. The lowest BCUT2D eigenvalue weighted by Gasteiger charge is -2.36. The van der Waals surface area contributed by atoms with Gasteiger partial charge in [-0.1, -0.05) is 112 Å². The zero-order valence-electron chi connectivity index (χ0n) is 30.4. The summed E-state index contributed by atoms with van der Waals surface area (Å²) >= 11 is 0. The Morgan fingerprint density at radius 3 is 2.02 bits per heavy atom. The van der Waals surface area contributed by atoms with Crippen LogP contribution in [0.5, 0.6) is 0 Å². The molecule has 1 heterocycles. The maximum Gasteiger partial charge on any atom is 0.408 e. The van der Waals surface area contributed by atoms with Crippen LogP contribution in [0.4, 0.5) is 4.79 Å². The van der Waals surface area contributed by atoms with Crippen LogP contribution in [0.1, 0.15) is 65.5 Å². The number of primary amides is 1. The smallest absolute Gasteiger partial charge is 0.408 e. The van der Waals surface area contributed by atoms with Crippen LogP contribution in [-0.4, -0.2) is 58.5 Å². The van der Waals surface area contributed by atoms with Crippen molar-refractivity contribution in [1.29, 1.82) is 0 Å². The van der Waals surface area contributed by atoms with Crippen LogP contribution in [-0.2, 0) is 36.1 Å². The molecule has 2 unspecified atom stereocenters. The van der Waals surface area contributed by atoms with Crippen LogP contribution in [0.2, 0.25) is 0 Å². The quantitative estimate of drug-likeness (QED) is 0.215. The number of benzene rings is 3. The standard InChI is InChI=1S/C41H50N4O6/c1-8-40(23-31(40)34(42)46)44-35(47)32-24-41(50-25-27-15-11-9-12-16-27,30-21-19-29(20-22-30)28-17-13-10-14-18-28)26-45(32)36(48)33(38(2,3)4)43-37(49)51-39(5,6)7/h8-22,31-33H,1,23-26H2,2-7H3,(H2,42,46)(H,43,49)(H,44,47)/t31?,32?,33-,40+,41+/m1/s1. The second-order valence-corrected chi connectivity index (χ2v) is 15.7. The molecule has 270 valence electrons. The van der Waals surface area contributed by atoms with Gasteiger partial charge in [-0.05, 0) is 54.9 Å². The summed E-state index contributed by atoms with van der Waals surface area (Å²) in [5.74, 6) is -2.08. The van der Waals surface area contributed by atoms with Gasteiger partial charge in [0.2, 0.25) is 17.7 Å². The van der Waals surface area contributed by atoms with Crippen molar-refractivity contribution < 1.29 is 28.7 Å². The number of amides is 4. The Hall–Kier alpha value is -4.96. The summed E-state index contributed by atoms with van der Waals surface area (Å²) in [6.07, 6.45) is 1.22. The number of nitrogens with one attached hydrogen (secondary N) is 2. The topological polar surface area (TPSA) is 140 Å². The Balaban J connectivity index is 1.56. The monoisotopic (exact) mass is 694 g/mol. The SMILES string of the molecule is C=C[C@]1(NC(=O)C2C[C@@](OCc3ccccc3)(c3ccc(-c4ccccc4)cc3)CN2C(=O)[C@@H](NC(=O)OC(C)(C)C)C(C)(C)C)CC1C(N)=O. The normalized spacial score (nSPS) is 23.5. The van der Waals surface area contributed by atoms with Crippen LogP contribution < -0.4 is 16.4 Å². The van der Waals surface area contributed by atoms with Gasteiger partial charge in [0.25, 0.3) is 0 Å². The fraction of sp³-hybridized carbons (Fsp3) is 0.415. The van der Waals surface area contributed by atoms with E-state index < -0.39 is 64.0 Å². The predicted molar refractivity (Wildman–Crippen MR) is 196 cm³/mol. The van der Waals surface area contributed by atoms with E-state index in [9.17, 15) is 19.2 Å². The molecule has 2 aliphatic rings. The molecule has 0 radical (unpaired) electrons. The Morgan fingerprint density at radius 1 is 0.902 bits per heavy atom. The van der Waals surface area contributed by atoms with Gasteiger partial charge >= 0.3 is 6.09 Å². The lowest BCUT2D eigenvalue weighted by Crippen LogP contribution is -2.59. The molecule has 10 heteroatoms. The second-order valence-electron chi connectivity index (χ2n) is 15.7. The molecule has 0 aromatic heterocycles. The molecular weight excluding hydrogens is 644 g/mol. The highest BCUT2D eigenvalue weighted by atomic mass is 16.6. The first kappa shape index (κ1) is 37.3. The van der Waals surface area contributed by atoms with E-state index in [1.807, 2.05) is 106 Å². The Labute approximate surface area is 300 Å². The third-order valence-electron chi connectivity index (χ3n) is 9.63. The van der Waals surface area contributed by atoms with Gasteiger partial charge in [-0.3, -0.25) is 14.4 Å². The number of hydrogen-bond acceptors (Lipinski definition) is 6. The highest BCUT2D eigenvalue weighted by molar-refractivity contribution is 5.94. The molecule has 3 aromatic rings. The van der Waals surface area contributed by atoms with Gasteiger partial charge in [0.1, 0.15) is 23.3 Å². The van der Waals surface area contributed by atoms with Crippen molar-refractivity contribution in [1.82, 2.24) is 15.5 Å². The summed E-state index contributed by atoms with van der Waals surface area (Å²) in [4.78, 5) is 55.9. The van der Waals surface area contributed by atoms with Crippen molar-refractivity contribution in [3.63, 3.8) is 0 Å².